The van der Waals surface area contributed by atoms with Crippen molar-refractivity contribution >= 4 is 23.3 Å². The molecule has 1 aromatic carbocycles. The SMILES string of the molecule is O=C(O)C(Cc1ccccc1Cl)c1ncccc1[N+](=O)[O-]. The molecule has 0 aliphatic carbocycles. The van der Waals surface area contributed by atoms with E-state index in [2.05, 4.69) is 4.98 Å². The van der Waals surface area contributed by atoms with Crippen LogP contribution in [0.3, 0.4) is 0 Å². The summed E-state index contributed by atoms with van der Waals surface area (Å²) in [6.07, 6.45) is 1.37. The minimum Gasteiger partial charge on any atom is -0.481 e. The molecule has 0 radical (unpaired) electrons. The van der Waals surface area contributed by atoms with E-state index in [9.17, 15) is 20.0 Å². The van der Waals surface area contributed by atoms with E-state index in [0.717, 1.165) is 0 Å². The van der Waals surface area contributed by atoms with Crippen molar-refractivity contribution in [2.45, 2.75) is 12.3 Å². The molecule has 1 heterocycles. The van der Waals surface area contributed by atoms with Gasteiger partial charge in [-0.1, -0.05) is 29.8 Å². The third kappa shape index (κ3) is 3.35. The molecule has 0 aliphatic rings. The van der Waals surface area contributed by atoms with Gasteiger partial charge in [-0.25, -0.2) is 0 Å². The maximum Gasteiger partial charge on any atom is 0.313 e. The second kappa shape index (κ2) is 6.32. The second-order valence-corrected chi connectivity index (χ2v) is 4.76. The van der Waals surface area contributed by atoms with Crippen LogP contribution >= 0.6 is 11.6 Å². The van der Waals surface area contributed by atoms with Gasteiger partial charge in [-0.15, -0.1) is 0 Å². The quantitative estimate of drug-likeness (QED) is 0.677. The standard InChI is InChI=1S/C14H11ClN2O4/c15-11-5-2-1-4-9(11)8-10(14(18)19)13-12(17(20)21)6-3-7-16-13/h1-7,10H,8H2,(H,18,19). The lowest BCUT2D eigenvalue weighted by atomic mass is 9.94. The second-order valence-electron chi connectivity index (χ2n) is 4.35. The summed E-state index contributed by atoms with van der Waals surface area (Å²) < 4.78 is 0. The average Bonchev–Trinajstić information content (AvgIpc) is 2.46. The smallest absolute Gasteiger partial charge is 0.313 e. The number of carbonyl (C=O) groups is 1. The van der Waals surface area contributed by atoms with Gasteiger partial charge >= 0.3 is 5.97 Å². The van der Waals surface area contributed by atoms with Crippen molar-refractivity contribution in [1.29, 1.82) is 0 Å². The fourth-order valence-electron chi connectivity index (χ4n) is 2.02. The molecule has 2 rings (SSSR count). The first kappa shape index (κ1) is 14.9. The van der Waals surface area contributed by atoms with Crippen LogP contribution in [0.4, 0.5) is 5.69 Å². The molecule has 21 heavy (non-hydrogen) atoms. The van der Waals surface area contributed by atoms with Gasteiger partial charge in [-0.05, 0) is 24.1 Å². The van der Waals surface area contributed by atoms with Crippen LogP contribution in [-0.2, 0) is 11.2 Å². The molecule has 0 saturated heterocycles. The maximum absolute atomic E-state index is 11.5. The molecule has 1 aromatic heterocycles. The molecule has 1 N–H and O–H groups in total. The predicted octanol–water partition coefficient (Wildman–Crippen LogP) is 3.05. The van der Waals surface area contributed by atoms with Gasteiger partial charge in [-0.2, -0.15) is 0 Å². The van der Waals surface area contributed by atoms with Gasteiger partial charge in [-0.3, -0.25) is 19.9 Å². The Morgan fingerprint density at radius 3 is 2.67 bits per heavy atom. The molecule has 108 valence electrons. The molecule has 0 saturated carbocycles. The first-order valence-corrected chi connectivity index (χ1v) is 6.44. The number of carboxylic acids is 1. The number of nitro groups is 1. The number of nitrogens with zero attached hydrogens (tertiary/aromatic N) is 2. The van der Waals surface area contributed by atoms with Gasteiger partial charge in [0, 0.05) is 17.3 Å². The molecule has 0 aliphatic heterocycles. The molecule has 6 nitrogen and oxygen atoms in total. The zero-order valence-electron chi connectivity index (χ0n) is 10.8. The van der Waals surface area contributed by atoms with E-state index in [-0.39, 0.29) is 17.8 Å². The fourth-order valence-corrected chi connectivity index (χ4v) is 2.23. The normalized spacial score (nSPS) is 11.9. The molecular weight excluding hydrogens is 296 g/mol. The molecule has 0 spiro atoms. The highest BCUT2D eigenvalue weighted by molar-refractivity contribution is 6.31. The summed E-state index contributed by atoms with van der Waals surface area (Å²) in [6.45, 7) is 0. The van der Waals surface area contributed by atoms with Crippen LogP contribution < -0.4 is 0 Å². The van der Waals surface area contributed by atoms with Crippen molar-refractivity contribution in [1.82, 2.24) is 4.98 Å². The van der Waals surface area contributed by atoms with Gasteiger partial charge in [0.05, 0.1) is 4.92 Å². The third-order valence-corrected chi connectivity index (χ3v) is 3.39. The van der Waals surface area contributed by atoms with Crippen molar-refractivity contribution in [2.24, 2.45) is 0 Å². The zero-order valence-corrected chi connectivity index (χ0v) is 11.5. The lowest BCUT2D eigenvalue weighted by molar-refractivity contribution is -0.386. The first-order chi connectivity index (χ1) is 10.0. The van der Waals surface area contributed by atoms with Gasteiger partial charge < -0.3 is 5.11 Å². The van der Waals surface area contributed by atoms with Gasteiger partial charge in [0.25, 0.3) is 5.69 Å². The molecule has 1 atom stereocenters. The summed E-state index contributed by atoms with van der Waals surface area (Å²) in [5, 5.41) is 20.8. The van der Waals surface area contributed by atoms with E-state index < -0.39 is 16.8 Å². The predicted molar refractivity (Wildman–Crippen MR) is 76.4 cm³/mol. The largest absolute Gasteiger partial charge is 0.481 e. The highest BCUT2D eigenvalue weighted by Crippen LogP contribution is 2.29. The van der Waals surface area contributed by atoms with E-state index in [4.69, 9.17) is 11.6 Å². The highest BCUT2D eigenvalue weighted by Gasteiger charge is 2.29. The van der Waals surface area contributed by atoms with Crippen molar-refractivity contribution in [2.75, 3.05) is 0 Å². The van der Waals surface area contributed by atoms with Gasteiger partial charge in [0.15, 0.2) is 0 Å². The van der Waals surface area contributed by atoms with Crippen molar-refractivity contribution < 1.29 is 14.8 Å². The van der Waals surface area contributed by atoms with Crippen LogP contribution in [0.25, 0.3) is 0 Å². The molecule has 1 unspecified atom stereocenters. The Labute approximate surface area is 125 Å². The number of rotatable bonds is 5. The number of hydrogen-bond donors (Lipinski definition) is 1. The summed E-state index contributed by atoms with van der Waals surface area (Å²) in [7, 11) is 0. The maximum atomic E-state index is 11.5. The average molecular weight is 307 g/mol. The minimum absolute atomic E-state index is 0.0346. The lowest BCUT2D eigenvalue weighted by Gasteiger charge is -2.13. The number of pyridine rings is 1. The minimum atomic E-state index is -1.18. The van der Waals surface area contributed by atoms with Gasteiger partial charge in [0.1, 0.15) is 11.6 Å². The van der Waals surface area contributed by atoms with Crippen LogP contribution in [-0.4, -0.2) is 21.0 Å². The van der Waals surface area contributed by atoms with Crippen molar-refractivity contribution in [3.05, 3.63) is 69.0 Å². The molecular formula is C14H11ClN2O4. The molecule has 2 aromatic rings. The van der Waals surface area contributed by atoms with E-state index in [1.54, 1.807) is 24.3 Å². The lowest BCUT2D eigenvalue weighted by Crippen LogP contribution is -2.17. The number of halogens is 1. The Bertz CT molecular complexity index is 690. The number of aliphatic carboxylic acids is 1. The van der Waals surface area contributed by atoms with E-state index in [0.29, 0.717) is 10.6 Å². The van der Waals surface area contributed by atoms with Gasteiger partial charge in [0.2, 0.25) is 0 Å². The summed E-state index contributed by atoms with van der Waals surface area (Å²) in [4.78, 5) is 25.7. The Balaban J connectivity index is 2.44. The number of benzene rings is 1. The summed E-state index contributed by atoms with van der Waals surface area (Å²) >= 11 is 6.02. The first-order valence-electron chi connectivity index (χ1n) is 6.06. The van der Waals surface area contributed by atoms with Crippen LogP contribution in [0.15, 0.2) is 42.6 Å². The molecule has 0 amide bonds. The summed E-state index contributed by atoms with van der Waals surface area (Å²) in [6, 6.07) is 9.42. The zero-order chi connectivity index (χ0) is 15.4. The fraction of sp³-hybridized carbons (Fsp3) is 0.143. The Morgan fingerprint density at radius 1 is 1.33 bits per heavy atom. The van der Waals surface area contributed by atoms with E-state index in [1.807, 2.05) is 0 Å². The topological polar surface area (TPSA) is 93.3 Å². The van der Waals surface area contributed by atoms with Crippen LogP contribution in [0.5, 0.6) is 0 Å². The van der Waals surface area contributed by atoms with E-state index >= 15 is 0 Å². The highest BCUT2D eigenvalue weighted by atomic mass is 35.5. The van der Waals surface area contributed by atoms with Crippen LogP contribution in [0, 0.1) is 10.1 Å². The molecule has 7 heteroatoms. The summed E-state index contributed by atoms with van der Waals surface area (Å²) in [5.41, 5.74) is 0.221. The number of hydrogen-bond acceptors (Lipinski definition) is 4. The van der Waals surface area contributed by atoms with E-state index in [1.165, 1.54) is 18.3 Å². The van der Waals surface area contributed by atoms with Crippen LogP contribution in [0.2, 0.25) is 5.02 Å². The number of aromatic nitrogens is 1. The molecule has 0 bridgehead atoms. The monoisotopic (exact) mass is 306 g/mol. The molecule has 0 fully saturated rings. The Kier molecular flexibility index (Phi) is 4.49. The van der Waals surface area contributed by atoms with Crippen molar-refractivity contribution in [3.63, 3.8) is 0 Å². The van der Waals surface area contributed by atoms with Crippen LogP contribution in [0.1, 0.15) is 17.2 Å². The summed E-state index contributed by atoms with van der Waals surface area (Å²) in [5.74, 6) is -2.32. The Hall–Kier alpha value is -2.47. The number of carboxylic acid groups (broad SMARTS) is 1. The van der Waals surface area contributed by atoms with Crippen molar-refractivity contribution in [3.8, 4) is 0 Å². The third-order valence-electron chi connectivity index (χ3n) is 3.02. The Morgan fingerprint density at radius 2 is 2.05 bits per heavy atom.